The third-order valence-electron chi connectivity index (χ3n) is 2.91. The third-order valence-corrected chi connectivity index (χ3v) is 2.91. The van der Waals surface area contributed by atoms with Crippen molar-refractivity contribution in [2.75, 3.05) is 0 Å². The van der Waals surface area contributed by atoms with Crippen molar-refractivity contribution in [2.24, 2.45) is 0 Å². The van der Waals surface area contributed by atoms with Crippen LogP contribution in [-0.4, -0.2) is 5.11 Å². The molecule has 0 saturated heterocycles. The molecule has 2 aromatic carbocycles. The predicted molar refractivity (Wildman–Crippen MR) is 72.5 cm³/mol. The van der Waals surface area contributed by atoms with Gasteiger partial charge in [0, 0.05) is 5.56 Å². The van der Waals surface area contributed by atoms with Gasteiger partial charge in [-0.25, -0.2) is 4.39 Å². The van der Waals surface area contributed by atoms with Crippen LogP contribution < -0.4 is 4.74 Å². The van der Waals surface area contributed by atoms with Crippen LogP contribution >= 0.6 is 0 Å². The van der Waals surface area contributed by atoms with E-state index in [1.165, 1.54) is 12.1 Å². The Hall–Kier alpha value is -2.38. The highest BCUT2D eigenvalue weighted by atomic mass is 19.1. The van der Waals surface area contributed by atoms with Gasteiger partial charge in [0.15, 0.2) is 0 Å². The first-order valence-corrected chi connectivity index (χ1v) is 6.20. The molecule has 1 atom stereocenters. The number of benzene rings is 2. The Kier molecular flexibility index (Phi) is 4.34. The largest absolute Gasteiger partial charge is 0.489 e. The Labute approximate surface area is 116 Å². The van der Waals surface area contributed by atoms with Crippen molar-refractivity contribution in [3.05, 3.63) is 65.0 Å². The van der Waals surface area contributed by atoms with Crippen molar-refractivity contribution < 1.29 is 14.2 Å². The standard InChI is InChI=1S/C16H14FNO2/c1-11(19)14-4-2-3-5-16(14)20-10-12-6-7-15(17)13(8-12)9-18/h2-8,11,19H,10H2,1H3/t11-/m0/s1. The fraction of sp³-hybridized carbons (Fsp3) is 0.188. The summed E-state index contributed by atoms with van der Waals surface area (Å²) in [5, 5.41) is 18.4. The molecule has 0 aliphatic carbocycles. The van der Waals surface area contributed by atoms with Crippen LogP contribution in [0.2, 0.25) is 0 Å². The van der Waals surface area contributed by atoms with Crippen molar-refractivity contribution >= 4 is 0 Å². The van der Waals surface area contributed by atoms with E-state index in [-0.39, 0.29) is 12.2 Å². The molecule has 2 rings (SSSR count). The lowest BCUT2D eigenvalue weighted by atomic mass is 10.1. The van der Waals surface area contributed by atoms with Gasteiger partial charge in [-0.15, -0.1) is 0 Å². The maximum absolute atomic E-state index is 13.2. The van der Waals surface area contributed by atoms with E-state index in [1.54, 1.807) is 31.2 Å². The second-order valence-corrected chi connectivity index (χ2v) is 4.43. The predicted octanol–water partition coefficient (Wildman–Crippen LogP) is 3.33. The number of hydrogen-bond acceptors (Lipinski definition) is 3. The number of ether oxygens (including phenoxy) is 1. The Bertz CT molecular complexity index is 647. The van der Waals surface area contributed by atoms with Crippen LogP contribution in [0.5, 0.6) is 5.75 Å². The van der Waals surface area contributed by atoms with E-state index in [1.807, 2.05) is 12.1 Å². The first-order chi connectivity index (χ1) is 9.61. The van der Waals surface area contributed by atoms with Gasteiger partial charge in [-0.1, -0.05) is 24.3 Å². The summed E-state index contributed by atoms with van der Waals surface area (Å²) in [6.07, 6.45) is -0.630. The third kappa shape index (κ3) is 3.14. The van der Waals surface area contributed by atoms with E-state index in [0.29, 0.717) is 16.9 Å². The molecule has 0 unspecified atom stereocenters. The van der Waals surface area contributed by atoms with Crippen molar-refractivity contribution in [3.63, 3.8) is 0 Å². The van der Waals surface area contributed by atoms with E-state index in [0.717, 1.165) is 0 Å². The maximum Gasteiger partial charge on any atom is 0.140 e. The molecule has 0 spiro atoms. The molecular weight excluding hydrogens is 257 g/mol. The van der Waals surface area contributed by atoms with E-state index in [4.69, 9.17) is 10.00 Å². The summed E-state index contributed by atoms with van der Waals surface area (Å²) in [6.45, 7) is 1.87. The van der Waals surface area contributed by atoms with Crippen LogP contribution in [0.25, 0.3) is 0 Å². The number of halogens is 1. The topological polar surface area (TPSA) is 53.2 Å². The molecule has 102 valence electrons. The zero-order valence-corrected chi connectivity index (χ0v) is 11.0. The molecule has 20 heavy (non-hydrogen) atoms. The summed E-state index contributed by atoms with van der Waals surface area (Å²) in [7, 11) is 0. The van der Waals surface area contributed by atoms with Crippen LogP contribution in [0.15, 0.2) is 42.5 Å². The summed E-state index contributed by atoms with van der Waals surface area (Å²) in [6, 6.07) is 13.2. The second kappa shape index (κ2) is 6.18. The van der Waals surface area contributed by atoms with Gasteiger partial charge in [0.2, 0.25) is 0 Å². The number of nitriles is 1. The second-order valence-electron chi connectivity index (χ2n) is 4.43. The normalized spacial score (nSPS) is 11.7. The minimum absolute atomic E-state index is 0.00471. The lowest BCUT2D eigenvalue weighted by molar-refractivity contribution is 0.190. The maximum atomic E-state index is 13.2. The van der Waals surface area contributed by atoms with Gasteiger partial charge >= 0.3 is 0 Å². The average molecular weight is 271 g/mol. The lowest BCUT2D eigenvalue weighted by Gasteiger charge is -2.13. The SMILES string of the molecule is C[C@H](O)c1ccccc1OCc1ccc(F)c(C#N)c1. The molecule has 0 aliphatic rings. The number of nitrogens with zero attached hydrogens (tertiary/aromatic N) is 1. The van der Waals surface area contributed by atoms with Crippen LogP contribution in [0.3, 0.4) is 0 Å². The molecule has 0 saturated carbocycles. The van der Waals surface area contributed by atoms with E-state index < -0.39 is 11.9 Å². The number of hydrogen-bond donors (Lipinski definition) is 1. The van der Waals surface area contributed by atoms with Crippen molar-refractivity contribution in [1.29, 1.82) is 5.26 Å². The molecule has 1 N–H and O–H groups in total. The number of aliphatic hydroxyl groups excluding tert-OH is 1. The molecule has 0 fully saturated rings. The zero-order chi connectivity index (χ0) is 14.5. The highest BCUT2D eigenvalue weighted by Gasteiger charge is 2.09. The van der Waals surface area contributed by atoms with Crippen LogP contribution in [0.4, 0.5) is 4.39 Å². The average Bonchev–Trinajstić information content (AvgIpc) is 2.46. The van der Waals surface area contributed by atoms with E-state index in [2.05, 4.69) is 0 Å². The molecule has 2 aromatic rings. The highest BCUT2D eigenvalue weighted by molar-refractivity contribution is 5.36. The smallest absolute Gasteiger partial charge is 0.140 e. The molecule has 0 radical (unpaired) electrons. The first-order valence-electron chi connectivity index (χ1n) is 6.20. The number of rotatable bonds is 4. The molecule has 0 bridgehead atoms. The lowest BCUT2D eigenvalue weighted by Crippen LogP contribution is -2.01. The number of para-hydroxylation sites is 1. The van der Waals surface area contributed by atoms with Gasteiger partial charge in [0.05, 0.1) is 11.7 Å². The molecular formula is C16H14FNO2. The molecule has 0 aromatic heterocycles. The summed E-state index contributed by atoms with van der Waals surface area (Å²) in [4.78, 5) is 0. The van der Waals surface area contributed by atoms with Crippen molar-refractivity contribution in [1.82, 2.24) is 0 Å². The Balaban J connectivity index is 2.15. The molecule has 3 nitrogen and oxygen atoms in total. The van der Waals surface area contributed by atoms with Crippen molar-refractivity contribution in [3.8, 4) is 11.8 Å². The molecule has 0 aliphatic heterocycles. The van der Waals surface area contributed by atoms with E-state index in [9.17, 15) is 9.50 Å². The summed E-state index contributed by atoms with van der Waals surface area (Å²) in [5.74, 6) is 0.0333. The Morgan fingerprint density at radius 2 is 2.05 bits per heavy atom. The number of aliphatic hydroxyl groups is 1. The zero-order valence-electron chi connectivity index (χ0n) is 11.0. The minimum atomic E-state index is -0.630. The molecule has 0 heterocycles. The highest BCUT2D eigenvalue weighted by Crippen LogP contribution is 2.25. The van der Waals surface area contributed by atoms with Gasteiger partial charge in [-0.3, -0.25) is 0 Å². The Morgan fingerprint density at radius 3 is 2.75 bits per heavy atom. The van der Waals surface area contributed by atoms with Gasteiger partial charge in [-0.05, 0) is 30.7 Å². The summed E-state index contributed by atoms with van der Waals surface area (Å²) < 4.78 is 18.8. The van der Waals surface area contributed by atoms with Gasteiger partial charge in [0.25, 0.3) is 0 Å². The van der Waals surface area contributed by atoms with Crippen LogP contribution in [0.1, 0.15) is 29.7 Å². The van der Waals surface area contributed by atoms with Crippen LogP contribution in [0, 0.1) is 17.1 Å². The summed E-state index contributed by atoms with van der Waals surface area (Å²) in [5.41, 5.74) is 1.38. The Morgan fingerprint density at radius 1 is 1.30 bits per heavy atom. The van der Waals surface area contributed by atoms with Gasteiger partial charge in [0.1, 0.15) is 24.2 Å². The van der Waals surface area contributed by atoms with Gasteiger partial charge in [-0.2, -0.15) is 5.26 Å². The van der Waals surface area contributed by atoms with Gasteiger partial charge < -0.3 is 9.84 Å². The fourth-order valence-electron chi connectivity index (χ4n) is 1.87. The van der Waals surface area contributed by atoms with Crippen molar-refractivity contribution in [2.45, 2.75) is 19.6 Å². The molecule has 4 heteroatoms. The monoisotopic (exact) mass is 271 g/mol. The van der Waals surface area contributed by atoms with Crippen LogP contribution in [-0.2, 0) is 6.61 Å². The quantitative estimate of drug-likeness (QED) is 0.928. The minimum Gasteiger partial charge on any atom is -0.489 e. The van der Waals surface area contributed by atoms with E-state index >= 15 is 0 Å². The summed E-state index contributed by atoms with van der Waals surface area (Å²) >= 11 is 0. The first kappa shape index (κ1) is 14.0. The molecule has 0 amide bonds. The fourth-order valence-corrected chi connectivity index (χ4v) is 1.87.